The molecule has 0 bridgehead atoms. The lowest BCUT2D eigenvalue weighted by Crippen LogP contribution is -2.33. The van der Waals surface area contributed by atoms with E-state index in [4.69, 9.17) is 5.11 Å². The topological polar surface area (TPSA) is 78.4 Å². The summed E-state index contributed by atoms with van der Waals surface area (Å²) in [5, 5.41) is 9.11. The highest BCUT2D eigenvalue weighted by Gasteiger charge is 2.04. The molecular weight excluding hydrogens is 204 g/mol. The third-order valence-corrected chi connectivity index (χ3v) is 2.71. The molecule has 0 spiro atoms. The van der Waals surface area contributed by atoms with Crippen molar-refractivity contribution in [3.63, 3.8) is 0 Å². The minimum atomic E-state index is -3.41. The lowest BCUT2D eigenvalue weighted by Gasteiger charge is -2.04. The average molecular weight is 216 g/mol. The summed E-state index contributed by atoms with van der Waals surface area (Å²) in [5.74, 6) is 0.117. The Bertz CT molecular complexity index is 403. The van der Waals surface area contributed by atoms with Crippen LogP contribution in [-0.4, -0.2) is 20.6 Å². The van der Waals surface area contributed by atoms with E-state index in [9.17, 15) is 8.42 Å². The van der Waals surface area contributed by atoms with Crippen molar-refractivity contribution in [1.29, 1.82) is 0 Å². The van der Waals surface area contributed by atoms with Crippen molar-refractivity contribution in [2.24, 2.45) is 0 Å². The molecule has 14 heavy (non-hydrogen) atoms. The van der Waals surface area contributed by atoms with E-state index in [1.165, 1.54) is 19.2 Å². The molecule has 0 aliphatic heterocycles. The van der Waals surface area contributed by atoms with Crippen molar-refractivity contribution in [1.82, 2.24) is 9.44 Å². The van der Waals surface area contributed by atoms with E-state index in [1.807, 2.05) is 0 Å². The van der Waals surface area contributed by atoms with Crippen LogP contribution in [0.4, 0.5) is 0 Å². The maximum absolute atomic E-state index is 11.0. The molecule has 6 heteroatoms. The van der Waals surface area contributed by atoms with E-state index < -0.39 is 10.2 Å². The molecule has 3 N–H and O–H groups in total. The summed E-state index contributed by atoms with van der Waals surface area (Å²) in [7, 11) is -2.09. The minimum absolute atomic E-state index is 0.117. The second kappa shape index (κ2) is 4.41. The first-order chi connectivity index (χ1) is 6.53. The summed E-state index contributed by atoms with van der Waals surface area (Å²) in [6, 6.07) is 6.39. The first kappa shape index (κ1) is 11.0. The molecule has 1 aromatic rings. The number of phenolic OH excluding ortho intramolecular Hbond substituents is 1. The summed E-state index contributed by atoms with van der Waals surface area (Å²) in [5.41, 5.74) is 0.698. The molecule has 0 aliphatic rings. The van der Waals surface area contributed by atoms with Gasteiger partial charge in [-0.15, -0.1) is 0 Å². The molecule has 0 saturated carbocycles. The Morgan fingerprint density at radius 1 is 1.43 bits per heavy atom. The van der Waals surface area contributed by atoms with Gasteiger partial charge in [0, 0.05) is 13.6 Å². The number of hydrogen-bond donors (Lipinski definition) is 3. The van der Waals surface area contributed by atoms with Gasteiger partial charge in [0.05, 0.1) is 0 Å². The molecule has 0 atom stereocenters. The van der Waals surface area contributed by atoms with Crippen molar-refractivity contribution >= 4 is 10.2 Å². The van der Waals surface area contributed by atoms with Crippen LogP contribution in [0.1, 0.15) is 5.56 Å². The standard InChI is InChI=1S/C8H12N2O3S/c1-9-14(12,13)10-6-7-3-2-4-8(11)5-7/h2-5,9-11H,6H2,1H3. The number of phenols is 1. The van der Waals surface area contributed by atoms with Gasteiger partial charge in [0.25, 0.3) is 10.2 Å². The van der Waals surface area contributed by atoms with Crippen LogP contribution in [0.15, 0.2) is 24.3 Å². The SMILES string of the molecule is CNS(=O)(=O)NCc1cccc(O)c1. The van der Waals surface area contributed by atoms with Gasteiger partial charge >= 0.3 is 0 Å². The van der Waals surface area contributed by atoms with Gasteiger partial charge in [0.2, 0.25) is 0 Å². The zero-order chi connectivity index (χ0) is 10.6. The third-order valence-electron chi connectivity index (χ3n) is 1.65. The molecule has 0 amide bonds. The Morgan fingerprint density at radius 3 is 2.71 bits per heavy atom. The van der Waals surface area contributed by atoms with Gasteiger partial charge in [-0.1, -0.05) is 12.1 Å². The van der Waals surface area contributed by atoms with Gasteiger partial charge in [-0.05, 0) is 17.7 Å². The monoisotopic (exact) mass is 216 g/mol. The molecular formula is C8H12N2O3S. The lowest BCUT2D eigenvalue weighted by atomic mass is 10.2. The van der Waals surface area contributed by atoms with E-state index in [-0.39, 0.29) is 12.3 Å². The van der Waals surface area contributed by atoms with Crippen molar-refractivity contribution in [2.45, 2.75) is 6.54 Å². The molecule has 0 fully saturated rings. The van der Waals surface area contributed by atoms with Crippen LogP contribution in [0.25, 0.3) is 0 Å². The largest absolute Gasteiger partial charge is 0.508 e. The number of nitrogens with one attached hydrogen (secondary N) is 2. The zero-order valence-electron chi connectivity index (χ0n) is 7.69. The van der Waals surface area contributed by atoms with Gasteiger partial charge < -0.3 is 5.11 Å². The van der Waals surface area contributed by atoms with Gasteiger partial charge in [0.1, 0.15) is 5.75 Å². The zero-order valence-corrected chi connectivity index (χ0v) is 8.50. The van der Waals surface area contributed by atoms with Crippen LogP contribution in [0.3, 0.4) is 0 Å². The Morgan fingerprint density at radius 2 is 2.14 bits per heavy atom. The molecule has 1 rings (SSSR count). The van der Waals surface area contributed by atoms with Crippen LogP contribution >= 0.6 is 0 Å². The fourth-order valence-electron chi connectivity index (χ4n) is 0.917. The Balaban J connectivity index is 2.63. The van der Waals surface area contributed by atoms with Crippen molar-refractivity contribution in [2.75, 3.05) is 7.05 Å². The highest BCUT2D eigenvalue weighted by Crippen LogP contribution is 2.10. The highest BCUT2D eigenvalue weighted by atomic mass is 32.2. The maximum Gasteiger partial charge on any atom is 0.276 e. The van der Waals surface area contributed by atoms with E-state index in [0.717, 1.165) is 0 Å². The van der Waals surface area contributed by atoms with Gasteiger partial charge in [-0.2, -0.15) is 13.1 Å². The number of rotatable bonds is 4. The fraction of sp³-hybridized carbons (Fsp3) is 0.250. The molecule has 0 saturated heterocycles. The summed E-state index contributed by atoms with van der Waals surface area (Å²) >= 11 is 0. The summed E-state index contributed by atoms with van der Waals surface area (Å²) in [4.78, 5) is 0. The van der Waals surface area contributed by atoms with E-state index in [1.54, 1.807) is 12.1 Å². The summed E-state index contributed by atoms with van der Waals surface area (Å²) in [6.07, 6.45) is 0. The number of aromatic hydroxyl groups is 1. The number of benzene rings is 1. The third kappa shape index (κ3) is 3.33. The Kier molecular flexibility index (Phi) is 3.45. The molecule has 78 valence electrons. The first-order valence-electron chi connectivity index (χ1n) is 3.99. The molecule has 0 unspecified atom stereocenters. The van der Waals surface area contributed by atoms with E-state index in [0.29, 0.717) is 5.56 Å². The van der Waals surface area contributed by atoms with Crippen LogP contribution < -0.4 is 9.44 Å². The first-order valence-corrected chi connectivity index (χ1v) is 5.48. The van der Waals surface area contributed by atoms with Crippen LogP contribution in [0.5, 0.6) is 5.75 Å². The molecule has 0 aliphatic carbocycles. The molecule has 0 aromatic heterocycles. The molecule has 0 heterocycles. The smallest absolute Gasteiger partial charge is 0.276 e. The minimum Gasteiger partial charge on any atom is -0.508 e. The number of hydrogen-bond acceptors (Lipinski definition) is 3. The normalized spacial score (nSPS) is 11.5. The average Bonchev–Trinajstić information content (AvgIpc) is 2.15. The Hall–Kier alpha value is -1.11. The summed E-state index contributed by atoms with van der Waals surface area (Å²) in [6.45, 7) is 0.150. The molecule has 1 aromatic carbocycles. The maximum atomic E-state index is 11.0. The second-order valence-corrected chi connectivity index (χ2v) is 4.40. The van der Waals surface area contributed by atoms with Gasteiger partial charge in [-0.25, -0.2) is 4.72 Å². The van der Waals surface area contributed by atoms with Gasteiger partial charge in [0.15, 0.2) is 0 Å². The fourth-order valence-corrected chi connectivity index (χ4v) is 1.42. The Labute approximate surface area is 83.0 Å². The van der Waals surface area contributed by atoms with Gasteiger partial charge in [-0.3, -0.25) is 0 Å². The summed E-state index contributed by atoms with van der Waals surface area (Å²) < 4.78 is 26.4. The van der Waals surface area contributed by atoms with Crippen molar-refractivity contribution in [3.05, 3.63) is 29.8 Å². The van der Waals surface area contributed by atoms with E-state index in [2.05, 4.69) is 9.44 Å². The quantitative estimate of drug-likeness (QED) is 0.660. The second-order valence-electron chi connectivity index (χ2n) is 2.70. The molecule has 0 radical (unpaired) electrons. The van der Waals surface area contributed by atoms with Crippen LogP contribution in [0, 0.1) is 0 Å². The van der Waals surface area contributed by atoms with Crippen molar-refractivity contribution in [3.8, 4) is 5.75 Å². The predicted molar refractivity (Wildman–Crippen MR) is 52.9 cm³/mol. The lowest BCUT2D eigenvalue weighted by molar-refractivity contribution is 0.474. The van der Waals surface area contributed by atoms with Crippen LogP contribution in [0.2, 0.25) is 0 Å². The van der Waals surface area contributed by atoms with Crippen molar-refractivity contribution < 1.29 is 13.5 Å². The molecule has 5 nitrogen and oxygen atoms in total. The van der Waals surface area contributed by atoms with E-state index >= 15 is 0 Å². The highest BCUT2D eigenvalue weighted by molar-refractivity contribution is 7.87. The predicted octanol–water partition coefficient (Wildman–Crippen LogP) is -0.0540. The van der Waals surface area contributed by atoms with Crippen LogP contribution in [-0.2, 0) is 16.8 Å².